The first-order chi connectivity index (χ1) is 13.6. The number of likely N-dealkylation sites (tertiary alicyclic amines) is 1. The molecule has 28 heavy (non-hydrogen) atoms. The van der Waals surface area contributed by atoms with E-state index in [1.807, 2.05) is 0 Å². The molecule has 2 aliphatic rings. The quantitative estimate of drug-likeness (QED) is 0.885. The summed E-state index contributed by atoms with van der Waals surface area (Å²) >= 11 is 0. The number of pyridine rings is 1. The number of benzene rings is 1. The number of amides is 2. The van der Waals surface area contributed by atoms with E-state index in [1.54, 1.807) is 29.4 Å². The minimum Gasteiger partial charge on any atom is -0.381 e. The Bertz CT molecular complexity index is 851. The highest BCUT2D eigenvalue weighted by atomic mass is 19.1. The van der Waals surface area contributed by atoms with Gasteiger partial charge in [0.25, 0.3) is 5.91 Å². The van der Waals surface area contributed by atoms with E-state index >= 15 is 0 Å². The van der Waals surface area contributed by atoms with Gasteiger partial charge in [0, 0.05) is 43.5 Å². The van der Waals surface area contributed by atoms with E-state index in [0.29, 0.717) is 37.6 Å². The molecule has 7 heteroatoms. The van der Waals surface area contributed by atoms with E-state index in [9.17, 15) is 14.0 Å². The van der Waals surface area contributed by atoms with Crippen molar-refractivity contribution in [1.82, 2.24) is 9.88 Å². The van der Waals surface area contributed by atoms with Crippen molar-refractivity contribution in [1.29, 1.82) is 0 Å². The van der Waals surface area contributed by atoms with Gasteiger partial charge in [-0.25, -0.2) is 4.39 Å². The zero-order valence-electron chi connectivity index (χ0n) is 15.4. The van der Waals surface area contributed by atoms with Crippen molar-refractivity contribution in [3.63, 3.8) is 0 Å². The zero-order chi connectivity index (χ0) is 19.6. The summed E-state index contributed by atoms with van der Waals surface area (Å²) in [5, 5.41) is 2.93. The van der Waals surface area contributed by atoms with Crippen molar-refractivity contribution in [3.05, 3.63) is 60.2 Å². The summed E-state index contributed by atoms with van der Waals surface area (Å²) in [5.41, 5.74) is 0.759. The summed E-state index contributed by atoms with van der Waals surface area (Å²) in [6, 6.07) is 9.08. The lowest BCUT2D eigenvalue weighted by Crippen LogP contribution is -2.42. The van der Waals surface area contributed by atoms with Crippen LogP contribution in [0.15, 0.2) is 48.8 Å². The number of anilines is 1. The third kappa shape index (κ3) is 3.62. The second-order valence-corrected chi connectivity index (χ2v) is 7.45. The normalized spacial score (nSPS) is 20.9. The summed E-state index contributed by atoms with van der Waals surface area (Å²) < 4.78 is 18.7. The lowest BCUT2D eigenvalue weighted by Gasteiger charge is -2.37. The molecule has 0 bridgehead atoms. The fourth-order valence-corrected chi connectivity index (χ4v) is 4.21. The highest BCUT2D eigenvalue weighted by Gasteiger charge is 2.51. The maximum atomic E-state index is 13.2. The number of carbonyl (C=O) groups is 2. The van der Waals surface area contributed by atoms with Crippen molar-refractivity contribution in [2.45, 2.75) is 12.8 Å². The minimum absolute atomic E-state index is 0.107. The molecule has 1 unspecified atom stereocenters. The van der Waals surface area contributed by atoms with Crippen molar-refractivity contribution < 1.29 is 18.7 Å². The highest BCUT2D eigenvalue weighted by Crippen LogP contribution is 2.45. The van der Waals surface area contributed by atoms with Gasteiger partial charge in [-0.05, 0) is 49.2 Å². The molecule has 2 fully saturated rings. The van der Waals surface area contributed by atoms with E-state index in [4.69, 9.17) is 4.74 Å². The van der Waals surface area contributed by atoms with Gasteiger partial charge in [0.1, 0.15) is 5.82 Å². The maximum absolute atomic E-state index is 13.2. The van der Waals surface area contributed by atoms with Crippen molar-refractivity contribution in [2.24, 2.45) is 11.3 Å². The molecule has 1 N–H and O–H groups in total. The molecular weight excluding hydrogens is 361 g/mol. The monoisotopic (exact) mass is 383 g/mol. The van der Waals surface area contributed by atoms with Crippen molar-refractivity contribution in [2.75, 3.05) is 31.6 Å². The molecular formula is C21H22FN3O3. The van der Waals surface area contributed by atoms with Crippen molar-refractivity contribution in [3.8, 4) is 0 Å². The molecule has 3 heterocycles. The van der Waals surface area contributed by atoms with Crippen LogP contribution in [-0.4, -0.2) is 48.0 Å². The van der Waals surface area contributed by atoms with Gasteiger partial charge in [-0.1, -0.05) is 0 Å². The SMILES string of the molecule is O=C(Nc1cccnc1)C1CN(C(=O)c2ccc(F)cc2)CC12CCOCC2. The van der Waals surface area contributed by atoms with Crippen LogP contribution in [0.2, 0.25) is 0 Å². The molecule has 4 rings (SSSR count). The van der Waals surface area contributed by atoms with Gasteiger partial charge >= 0.3 is 0 Å². The third-order valence-electron chi connectivity index (χ3n) is 5.76. The summed E-state index contributed by atoms with van der Waals surface area (Å²) in [6.45, 7) is 1.99. The number of carbonyl (C=O) groups excluding carboxylic acids is 2. The average molecular weight is 383 g/mol. The summed E-state index contributed by atoms with van der Waals surface area (Å²) in [7, 11) is 0. The molecule has 2 saturated heterocycles. The molecule has 1 atom stereocenters. The molecule has 0 aliphatic carbocycles. The van der Waals surface area contributed by atoms with E-state index in [-0.39, 0.29) is 29.0 Å². The van der Waals surface area contributed by atoms with E-state index in [0.717, 1.165) is 12.8 Å². The minimum atomic E-state index is -0.382. The first-order valence-corrected chi connectivity index (χ1v) is 9.41. The molecule has 1 aromatic carbocycles. The fraction of sp³-hybridized carbons (Fsp3) is 0.381. The number of nitrogens with one attached hydrogen (secondary N) is 1. The Balaban J connectivity index is 1.56. The first-order valence-electron chi connectivity index (χ1n) is 9.41. The second-order valence-electron chi connectivity index (χ2n) is 7.45. The van der Waals surface area contributed by atoms with Crippen LogP contribution in [0.25, 0.3) is 0 Å². The number of hydrogen-bond donors (Lipinski definition) is 1. The smallest absolute Gasteiger partial charge is 0.253 e. The van der Waals surface area contributed by atoms with Crippen LogP contribution in [-0.2, 0) is 9.53 Å². The van der Waals surface area contributed by atoms with Crippen LogP contribution < -0.4 is 5.32 Å². The Morgan fingerprint density at radius 3 is 2.61 bits per heavy atom. The van der Waals surface area contributed by atoms with Gasteiger partial charge in [0.05, 0.1) is 17.8 Å². The van der Waals surface area contributed by atoms with E-state index in [2.05, 4.69) is 10.3 Å². The summed E-state index contributed by atoms with van der Waals surface area (Å²) in [5.74, 6) is -1.000. The standard InChI is InChI=1S/C21H22FN3O3/c22-16-5-3-15(4-6-16)20(27)25-13-18(21(14-25)7-10-28-11-8-21)19(26)24-17-2-1-9-23-12-17/h1-6,9,12,18H,7-8,10-11,13-14H2,(H,24,26). The van der Waals surface area contributed by atoms with Crippen LogP contribution in [0.3, 0.4) is 0 Å². The Kier molecular flexibility index (Phi) is 5.09. The van der Waals surface area contributed by atoms with E-state index < -0.39 is 0 Å². The number of hydrogen-bond acceptors (Lipinski definition) is 4. The molecule has 0 radical (unpaired) electrons. The van der Waals surface area contributed by atoms with Gasteiger partial charge in [-0.2, -0.15) is 0 Å². The first kappa shape index (κ1) is 18.6. The molecule has 6 nitrogen and oxygen atoms in total. The zero-order valence-corrected chi connectivity index (χ0v) is 15.4. The van der Waals surface area contributed by atoms with Crippen LogP contribution in [0, 0.1) is 17.2 Å². The lowest BCUT2D eigenvalue weighted by atomic mass is 9.71. The Labute approximate surface area is 162 Å². The largest absolute Gasteiger partial charge is 0.381 e. The second kappa shape index (κ2) is 7.67. The summed E-state index contributed by atoms with van der Waals surface area (Å²) in [4.78, 5) is 31.8. The average Bonchev–Trinajstić information content (AvgIpc) is 3.08. The molecule has 2 aromatic rings. The number of halogens is 1. The highest BCUT2D eigenvalue weighted by molar-refractivity contribution is 5.97. The molecule has 1 aromatic heterocycles. The lowest BCUT2D eigenvalue weighted by molar-refractivity contribution is -0.124. The van der Waals surface area contributed by atoms with Crippen LogP contribution in [0.5, 0.6) is 0 Å². The molecule has 2 aliphatic heterocycles. The maximum Gasteiger partial charge on any atom is 0.253 e. The number of ether oxygens (including phenoxy) is 1. The van der Waals surface area contributed by atoms with E-state index in [1.165, 1.54) is 24.3 Å². The summed E-state index contributed by atoms with van der Waals surface area (Å²) in [6.07, 6.45) is 4.70. The third-order valence-corrected chi connectivity index (χ3v) is 5.76. The van der Waals surface area contributed by atoms with Gasteiger partial charge in [-0.3, -0.25) is 14.6 Å². The molecule has 0 saturated carbocycles. The van der Waals surface area contributed by atoms with Crippen LogP contribution >= 0.6 is 0 Å². The number of aromatic nitrogens is 1. The fourth-order valence-electron chi connectivity index (χ4n) is 4.21. The predicted molar refractivity (Wildman–Crippen MR) is 101 cm³/mol. The number of rotatable bonds is 3. The van der Waals surface area contributed by atoms with Crippen LogP contribution in [0.4, 0.5) is 10.1 Å². The van der Waals surface area contributed by atoms with Crippen molar-refractivity contribution >= 4 is 17.5 Å². The number of nitrogens with zero attached hydrogens (tertiary/aromatic N) is 2. The van der Waals surface area contributed by atoms with Gasteiger partial charge in [-0.15, -0.1) is 0 Å². The molecule has 1 spiro atoms. The Hall–Kier alpha value is -2.80. The predicted octanol–water partition coefficient (Wildman–Crippen LogP) is 2.73. The van der Waals surface area contributed by atoms with Gasteiger partial charge in [0.15, 0.2) is 0 Å². The van der Waals surface area contributed by atoms with Gasteiger partial charge in [0.2, 0.25) is 5.91 Å². The topological polar surface area (TPSA) is 71.5 Å². The van der Waals surface area contributed by atoms with Crippen LogP contribution in [0.1, 0.15) is 23.2 Å². The molecule has 2 amide bonds. The van der Waals surface area contributed by atoms with Gasteiger partial charge < -0.3 is 15.0 Å². The Morgan fingerprint density at radius 2 is 1.93 bits per heavy atom. The molecule has 146 valence electrons. The Morgan fingerprint density at radius 1 is 1.18 bits per heavy atom.